The van der Waals surface area contributed by atoms with Crippen LogP contribution in [-0.4, -0.2) is 64.3 Å². The monoisotopic (exact) mass is 419 g/mol. The van der Waals surface area contributed by atoms with E-state index >= 15 is 0 Å². The van der Waals surface area contributed by atoms with Gasteiger partial charge in [-0.15, -0.1) is 0 Å². The van der Waals surface area contributed by atoms with E-state index in [0.29, 0.717) is 18.8 Å². The van der Waals surface area contributed by atoms with Gasteiger partial charge in [-0.1, -0.05) is 12.1 Å². The maximum absolute atomic E-state index is 11.7. The lowest BCUT2D eigenvalue weighted by Crippen LogP contribution is -2.47. The fourth-order valence-corrected chi connectivity index (χ4v) is 4.08. The Morgan fingerprint density at radius 2 is 1.72 bits per heavy atom. The molecule has 0 unspecified atom stereocenters. The smallest absolute Gasteiger partial charge is 0.293 e. The van der Waals surface area contributed by atoms with Gasteiger partial charge in [-0.2, -0.15) is 0 Å². The van der Waals surface area contributed by atoms with Gasteiger partial charge in [0.05, 0.1) is 16.9 Å². The molecule has 1 heterocycles. The van der Waals surface area contributed by atoms with E-state index in [4.69, 9.17) is 4.74 Å². The van der Waals surface area contributed by atoms with E-state index < -0.39 is 14.8 Å². The van der Waals surface area contributed by atoms with Crippen molar-refractivity contribution in [1.82, 2.24) is 4.90 Å². The molecule has 2 aromatic rings. The standard InChI is InChI=1S/C20H25N3O5S/c1-28-17-5-3-16(4-6-17)9-10-21-11-13-22(14-12-21)19-8-7-18(29(2,26)27)15-20(19)23(24)25/h3-8,15H,9-14H2,1-2H3. The Kier molecular flexibility index (Phi) is 6.39. The van der Waals surface area contributed by atoms with Crippen LogP contribution in [0.3, 0.4) is 0 Å². The fourth-order valence-electron chi connectivity index (χ4n) is 3.44. The Bertz CT molecular complexity index is 968. The third-order valence-electron chi connectivity index (χ3n) is 5.16. The second-order valence-electron chi connectivity index (χ2n) is 7.11. The summed E-state index contributed by atoms with van der Waals surface area (Å²) in [6.45, 7) is 3.81. The van der Waals surface area contributed by atoms with Crippen LogP contribution >= 0.6 is 0 Å². The molecular formula is C20H25N3O5S. The summed E-state index contributed by atoms with van der Waals surface area (Å²) in [6.07, 6.45) is 1.97. The molecule has 0 bridgehead atoms. The highest BCUT2D eigenvalue weighted by Crippen LogP contribution is 2.31. The fraction of sp³-hybridized carbons (Fsp3) is 0.400. The summed E-state index contributed by atoms with van der Waals surface area (Å²) in [5.74, 6) is 0.839. The highest BCUT2D eigenvalue weighted by atomic mass is 32.2. The maximum Gasteiger partial charge on any atom is 0.293 e. The molecule has 0 N–H and O–H groups in total. The summed E-state index contributed by atoms with van der Waals surface area (Å²) < 4.78 is 28.6. The molecular weight excluding hydrogens is 394 g/mol. The Morgan fingerprint density at radius 3 is 2.28 bits per heavy atom. The summed E-state index contributed by atoms with van der Waals surface area (Å²) in [4.78, 5) is 15.2. The van der Waals surface area contributed by atoms with Gasteiger partial charge in [-0.05, 0) is 36.2 Å². The molecule has 9 heteroatoms. The molecule has 0 spiro atoms. The van der Waals surface area contributed by atoms with E-state index in [0.717, 1.165) is 44.1 Å². The average Bonchev–Trinajstić information content (AvgIpc) is 2.72. The van der Waals surface area contributed by atoms with Crippen LogP contribution in [-0.2, 0) is 16.3 Å². The van der Waals surface area contributed by atoms with Crippen LogP contribution in [0.1, 0.15) is 5.56 Å². The first-order valence-corrected chi connectivity index (χ1v) is 11.3. The second kappa shape index (κ2) is 8.79. The molecule has 1 aliphatic heterocycles. The molecule has 3 rings (SSSR count). The van der Waals surface area contributed by atoms with Crippen molar-refractivity contribution in [3.05, 3.63) is 58.1 Å². The average molecular weight is 420 g/mol. The number of nitrogens with zero attached hydrogens (tertiary/aromatic N) is 3. The first kappa shape index (κ1) is 21.1. The summed E-state index contributed by atoms with van der Waals surface area (Å²) >= 11 is 0. The van der Waals surface area contributed by atoms with Crippen molar-refractivity contribution in [2.45, 2.75) is 11.3 Å². The van der Waals surface area contributed by atoms with E-state index in [9.17, 15) is 18.5 Å². The Morgan fingerprint density at radius 1 is 1.07 bits per heavy atom. The number of sulfone groups is 1. The topological polar surface area (TPSA) is 93.0 Å². The second-order valence-corrected chi connectivity index (χ2v) is 9.12. The normalized spacial score (nSPS) is 15.3. The lowest BCUT2D eigenvalue weighted by Gasteiger charge is -2.35. The molecule has 0 radical (unpaired) electrons. The molecule has 2 aromatic carbocycles. The van der Waals surface area contributed by atoms with Gasteiger partial charge < -0.3 is 9.64 Å². The van der Waals surface area contributed by atoms with Gasteiger partial charge in [0, 0.05) is 45.0 Å². The van der Waals surface area contributed by atoms with Crippen LogP contribution in [0.4, 0.5) is 11.4 Å². The number of benzene rings is 2. The summed E-state index contributed by atoms with van der Waals surface area (Å²) in [6, 6.07) is 12.2. The number of ether oxygens (including phenoxy) is 1. The molecule has 8 nitrogen and oxygen atoms in total. The van der Waals surface area contributed by atoms with Crippen LogP contribution in [0.15, 0.2) is 47.4 Å². The molecule has 156 valence electrons. The zero-order valence-electron chi connectivity index (χ0n) is 16.6. The van der Waals surface area contributed by atoms with Crippen molar-refractivity contribution < 1.29 is 18.1 Å². The van der Waals surface area contributed by atoms with Crippen molar-refractivity contribution in [2.75, 3.05) is 51.0 Å². The Hall–Kier alpha value is -2.65. The van der Waals surface area contributed by atoms with Gasteiger partial charge in [-0.25, -0.2) is 8.42 Å². The van der Waals surface area contributed by atoms with E-state index in [2.05, 4.69) is 17.0 Å². The van der Waals surface area contributed by atoms with Crippen molar-refractivity contribution in [3.8, 4) is 5.75 Å². The first-order valence-electron chi connectivity index (χ1n) is 9.36. The van der Waals surface area contributed by atoms with Crippen molar-refractivity contribution in [2.24, 2.45) is 0 Å². The molecule has 0 aromatic heterocycles. The van der Waals surface area contributed by atoms with Gasteiger partial charge in [-0.3, -0.25) is 15.0 Å². The number of piperazine rings is 1. The minimum atomic E-state index is -3.49. The van der Waals surface area contributed by atoms with E-state index in [1.165, 1.54) is 11.6 Å². The maximum atomic E-state index is 11.7. The predicted molar refractivity (Wildman–Crippen MR) is 112 cm³/mol. The Labute approximate surface area is 170 Å². The largest absolute Gasteiger partial charge is 0.497 e. The Balaban J connectivity index is 1.62. The van der Waals surface area contributed by atoms with Crippen LogP contribution in [0, 0.1) is 10.1 Å². The number of nitro groups is 1. The molecule has 0 atom stereocenters. The molecule has 1 saturated heterocycles. The van der Waals surface area contributed by atoms with Crippen LogP contribution in [0.2, 0.25) is 0 Å². The summed E-state index contributed by atoms with van der Waals surface area (Å²) in [7, 11) is -1.85. The minimum absolute atomic E-state index is 0.0360. The number of methoxy groups -OCH3 is 1. The van der Waals surface area contributed by atoms with Gasteiger partial charge in [0.1, 0.15) is 11.4 Å². The van der Waals surface area contributed by atoms with Crippen LogP contribution in [0.25, 0.3) is 0 Å². The van der Waals surface area contributed by atoms with Gasteiger partial charge in [0.25, 0.3) is 5.69 Å². The lowest BCUT2D eigenvalue weighted by molar-refractivity contribution is -0.384. The highest BCUT2D eigenvalue weighted by molar-refractivity contribution is 7.90. The minimum Gasteiger partial charge on any atom is -0.497 e. The summed E-state index contributed by atoms with van der Waals surface area (Å²) in [5, 5.41) is 11.5. The predicted octanol–water partition coefficient (Wildman–Crippen LogP) is 2.37. The van der Waals surface area contributed by atoms with Crippen molar-refractivity contribution >= 4 is 21.2 Å². The molecule has 0 amide bonds. The van der Waals surface area contributed by atoms with E-state index in [-0.39, 0.29) is 10.6 Å². The quantitative estimate of drug-likeness (QED) is 0.502. The third-order valence-corrected chi connectivity index (χ3v) is 6.27. The van der Waals surface area contributed by atoms with E-state index in [1.807, 2.05) is 17.0 Å². The summed E-state index contributed by atoms with van der Waals surface area (Å²) in [5.41, 5.74) is 1.54. The zero-order valence-corrected chi connectivity index (χ0v) is 17.4. The molecule has 0 saturated carbocycles. The zero-order chi connectivity index (χ0) is 21.0. The first-order chi connectivity index (χ1) is 13.8. The van der Waals surface area contributed by atoms with Crippen LogP contribution in [0.5, 0.6) is 5.75 Å². The molecule has 29 heavy (non-hydrogen) atoms. The van der Waals surface area contributed by atoms with Crippen molar-refractivity contribution in [3.63, 3.8) is 0 Å². The number of nitro benzene ring substituents is 1. The SMILES string of the molecule is COc1ccc(CCN2CCN(c3ccc(S(C)(=O)=O)cc3[N+](=O)[O-])CC2)cc1. The highest BCUT2D eigenvalue weighted by Gasteiger charge is 2.25. The lowest BCUT2D eigenvalue weighted by atomic mass is 10.1. The number of rotatable bonds is 7. The molecule has 1 fully saturated rings. The van der Waals surface area contributed by atoms with Crippen molar-refractivity contribution in [1.29, 1.82) is 0 Å². The molecule has 1 aliphatic rings. The van der Waals surface area contributed by atoms with Gasteiger partial charge >= 0.3 is 0 Å². The van der Waals surface area contributed by atoms with Gasteiger partial charge in [0.2, 0.25) is 0 Å². The van der Waals surface area contributed by atoms with E-state index in [1.54, 1.807) is 13.2 Å². The third kappa shape index (κ3) is 5.24. The molecule has 0 aliphatic carbocycles. The van der Waals surface area contributed by atoms with Crippen LogP contribution < -0.4 is 9.64 Å². The number of hydrogen-bond acceptors (Lipinski definition) is 7. The number of anilines is 1. The van der Waals surface area contributed by atoms with Gasteiger partial charge in [0.15, 0.2) is 9.84 Å². The number of hydrogen-bond donors (Lipinski definition) is 0.